The number of hydrogen-bond acceptors (Lipinski definition) is 6. The molecule has 2 aromatic carbocycles. The van der Waals surface area contributed by atoms with E-state index in [1.165, 1.54) is 32.4 Å². The number of ether oxygens (including phenoxy) is 1. The lowest BCUT2D eigenvalue weighted by Gasteiger charge is -2.39. The van der Waals surface area contributed by atoms with Gasteiger partial charge in [0.25, 0.3) is 0 Å². The molecule has 0 saturated carbocycles. The maximum Gasteiger partial charge on any atom is 0.415 e. The predicted octanol–water partition coefficient (Wildman–Crippen LogP) is 6.02. The van der Waals surface area contributed by atoms with Crippen molar-refractivity contribution in [1.82, 2.24) is 29.8 Å². The largest absolute Gasteiger partial charge is 0.415 e. The topological polar surface area (TPSA) is 91.3 Å². The highest BCUT2D eigenvalue weighted by Gasteiger charge is 2.28. The molecule has 2 N–H and O–H groups in total. The summed E-state index contributed by atoms with van der Waals surface area (Å²) in [6.07, 6.45) is 10.2. The smallest absolute Gasteiger partial charge is 0.410 e. The summed E-state index contributed by atoms with van der Waals surface area (Å²) in [6, 6.07) is 18.4. The monoisotopic (exact) mass is 539 g/mol. The van der Waals surface area contributed by atoms with Crippen molar-refractivity contribution in [2.24, 2.45) is 0 Å². The second kappa shape index (κ2) is 12.0. The van der Waals surface area contributed by atoms with E-state index in [0.717, 1.165) is 66.4 Å². The normalized spacial score (nSPS) is 16.7. The molecule has 0 aliphatic carbocycles. The maximum absolute atomic E-state index is 12.9. The SMILES string of the molecule is CCc1cc(OC(=O)N2CCC(N3CCCCC3)CC2)ccc1Nc1cc(-c2ccc(-n3cccn3)cc2)[nH]n1. The Morgan fingerprint density at radius 3 is 2.55 bits per heavy atom. The zero-order chi connectivity index (χ0) is 27.3. The third kappa shape index (κ3) is 5.89. The Hall–Kier alpha value is -4.11. The molecular weight excluding hydrogens is 502 g/mol. The van der Waals surface area contributed by atoms with Gasteiger partial charge in [0, 0.05) is 43.3 Å². The zero-order valence-electron chi connectivity index (χ0n) is 23.1. The third-order valence-corrected chi connectivity index (χ3v) is 8.08. The van der Waals surface area contributed by atoms with E-state index in [2.05, 4.69) is 32.4 Å². The van der Waals surface area contributed by atoms with Crippen LogP contribution in [0.15, 0.2) is 67.0 Å². The van der Waals surface area contributed by atoms with Crippen LogP contribution in [-0.2, 0) is 6.42 Å². The van der Waals surface area contributed by atoms with Crippen LogP contribution in [-0.4, -0.2) is 68.1 Å². The van der Waals surface area contributed by atoms with Crippen molar-refractivity contribution >= 4 is 17.6 Å². The maximum atomic E-state index is 12.9. The summed E-state index contributed by atoms with van der Waals surface area (Å²) in [4.78, 5) is 17.4. The van der Waals surface area contributed by atoms with Gasteiger partial charge in [0.15, 0.2) is 5.82 Å². The molecule has 0 bridgehead atoms. The number of H-pyrrole nitrogens is 1. The summed E-state index contributed by atoms with van der Waals surface area (Å²) >= 11 is 0. The summed E-state index contributed by atoms with van der Waals surface area (Å²) in [5.41, 5.74) is 4.96. The lowest BCUT2D eigenvalue weighted by molar-refractivity contribution is 0.0878. The summed E-state index contributed by atoms with van der Waals surface area (Å²) in [7, 11) is 0. The van der Waals surface area contributed by atoms with Gasteiger partial charge in [-0.2, -0.15) is 10.2 Å². The molecular formula is C31H37N7O2. The highest BCUT2D eigenvalue weighted by atomic mass is 16.6. The Labute approximate surface area is 235 Å². The second-order valence-corrected chi connectivity index (χ2v) is 10.6. The zero-order valence-corrected chi connectivity index (χ0v) is 23.1. The van der Waals surface area contributed by atoms with Gasteiger partial charge >= 0.3 is 6.09 Å². The van der Waals surface area contributed by atoms with Crippen LogP contribution in [0.3, 0.4) is 0 Å². The highest BCUT2D eigenvalue weighted by Crippen LogP contribution is 2.28. The van der Waals surface area contributed by atoms with Crippen LogP contribution in [0.1, 0.15) is 44.6 Å². The van der Waals surface area contributed by atoms with E-state index in [-0.39, 0.29) is 6.09 Å². The highest BCUT2D eigenvalue weighted by molar-refractivity contribution is 5.72. The first-order valence-electron chi connectivity index (χ1n) is 14.4. The molecule has 6 rings (SSSR count). The van der Waals surface area contributed by atoms with E-state index in [1.807, 2.05) is 70.4 Å². The minimum atomic E-state index is -0.254. The van der Waals surface area contributed by atoms with Gasteiger partial charge in [0.05, 0.1) is 11.4 Å². The molecule has 4 aromatic rings. The Kier molecular flexibility index (Phi) is 7.81. The number of likely N-dealkylation sites (tertiary alicyclic amines) is 2. The van der Waals surface area contributed by atoms with Crippen molar-refractivity contribution in [3.63, 3.8) is 0 Å². The minimum absolute atomic E-state index is 0.254. The molecule has 2 saturated heterocycles. The number of aryl methyl sites for hydroxylation is 1. The average Bonchev–Trinajstić information content (AvgIpc) is 3.72. The molecule has 9 heteroatoms. The van der Waals surface area contributed by atoms with E-state index >= 15 is 0 Å². The van der Waals surface area contributed by atoms with Crippen molar-refractivity contribution in [1.29, 1.82) is 0 Å². The van der Waals surface area contributed by atoms with Crippen molar-refractivity contribution in [2.45, 2.75) is 51.5 Å². The van der Waals surface area contributed by atoms with Crippen LogP contribution in [0.2, 0.25) is 0 Å². The van der Waals surface area contributed by atoms with Crippen LogP contribution in [0.4, 0.5) is 16.3 Å². The number of aromatic nitrogens is 4. The summed E-state index contributed by atoms with van der Waals surface area (Å²) < 4.78 is 7.63. The number of piperidine rings is 2. The standard InChI is InChI=1S/C31H37N7O2/c1-2-23-21-27(40-31(39)37-19-13-25(14-20-37)36-16-4-3-5-17-36)11-12-28(23)33-30-22-29(34-35-30)24-7-9-26(10-8-24)38-18-6-15-32-38/h6-12,15,18,21-22,25H,2-5,13-14,16-17,19-20H2,1H3,(H2,33,34,35). The Morgan fingerprint density at radius 1 is 1.02 bits per heavy atom. The molecule has 0 spiro atoms. The Balaban J connectivity index is 1.05. The molecule has 9 nitrogen and oxygen atoms in total. The van der Waals surface area contributed by atoms with Crippen molar-refractivity contribution in [2.75, 3.05) is 31.5 Å². The van der Waals surface area contributed by atoms with Crippen LogP contribution in [0.25, 0.3) is 16.9 Å². The van der Waals surface area contributed by atoms with Crippen molar-refractivity contribution in [3.05, 3.63) is 72.6 Å². The van der Waals surface area contributed by atoms with Crippen LogP contribution in [0, 0.1) is 0 Å². The first-order valence-corrected chi connectivity index (χ1v) is 14.4. The van der Waals surface area contributed by atoms with Gasteiger partial charge in [-0.05, 0) is 92.7 Å². The number of rotatable bonds is 7. The molecule has 2 aromatic heterocycles. The van der Waals surface area contributed by atoms with Gasteiger partial charge in [0.1, 0.15) is 5.75 Å². The lowest BCUT2D eigenvalue weighted by Crippen LogP contribution is -2.48. The number of nitrogens with one attached hydrogen (secondary N) is 2. The molecule has 208 valence electrons. The predicted molar refractivity (Wildman–Crippen MR) is 156 cm³/mol. The minimum Gasteiger partial charge on any atom is -0.410 e. The van der Waals surface area contributed by atoms with E-state index in [1.54, 1.807) is 6.20 Å². The third-order valence-electron chi connectivity index (χ3n) is 8.08. The van der Waals surface area contributed by atoms with Crippen LogP contribution in [0.5, 0.6) is 5.75 Å². The number of aromatic amines is 1. The van der Waals surface area contributed by atoms with Crippen LogP contribution >= 0.6 is 0 Å². The van der Waals surface area contributed by atoms with E-state index in [4.69, 9.17) is 4.74 Å². The molecule has 2 aliphatic heterocycles. The van der Waals surface area contributed by atoms with Gasteiger partial charge in [0.2, 0.25) is 0 Å². The van der Waals surface area contributed by atoms with Crippen molar-refractivity contribution < 1.29 is 9.53 Å². The number of amides is 1. The molecule has 1 amide bonds. The molecule has 0 unspecified atom stereocenters. The number of benzene rings is 2. The van der Waals surface area contributed by atoms with Crippen molar-refractivity contribution in [3.8, 4) is 22.7 Å². The Morgan fingerprint density at radius 2 is 1.82 bits per heavy atom. The first kappa shape index (κ1) is 26.1. The number of anilines is 2. The van der Waals surface area contributed by atoms with Gasteiger partial charge in [-0.3, -0.25) is 5.10 Å². The molecule has 0 atom stereocenters. The van der Waals surface area contributed by atoms with E-state index < -0.39 is 0 Å². The quantitative estimate of drug-likeness (QED) is 0.299. The lowest BCUT2D eigenvalue weighted by atomic mass is 10.0. The molecule has 40 heavy (non-hydrogen) atoms. The average molecular weight is 540 g/mol. The molecule has 2 aliphatic rings. The van der Waals surface area contributed by atoms with Crippen LogP contribution < -0.4 is 10.1 Å². The summed E-state index contributed by atoms with van der Waals surface area (Å²) in [5, 5.41) is 15.3. The first-order chi connectivity index (χ1) is 19.7. The van der Waals surface area contributed by atoms with Gasteiger partial charge in [-0.15, -0.1) is 0 Å². The summed E-state index contributed by atoms with van der Waals surface area (Å²) in [5.74, 6) is 1.30. The fourth-order valence-electron chi connectivity index (χ4n) is 5.80. The number of nitrogens with zero attached hydrogens (tertiary/aromatic N) is 5. The van der Waals surface area contributed by atoms with Gasteiger partial charge < -0.3 is 19.9 Å². The molecule has 2 fully saturated rings. The Bertz CT molecular complexity index is 1400. The second-order valence-electron chi connectivity index (χ2n) is 10.6. The van der Waals surface area contributed by atoms with Gasteiger partial charge in [-0.1, -0.05) is 25.5 Å². The fourth-order valence-corrected chi connectivity index (χ4v) is 5.80. The van der Waals surface area contributed by atoms with Gasteiger partial charge in [-0.25, -0.2) is 9.48 Å². The van der Waals surface area contributed by atoms with E-state index in [0.29, 0.717) is 11.8 Å². The number of hydrogen-bond donors (Lipinski definition) is 2. The molecule has 4 heterocycles. The fraction of sp³-hybridized carbons (Fsp3) is 0.387. The summed E-state index contributed by atoms with van der Waals surface area (Å²) in [6.45, 7) is 6.01. The van der Waals surface area contributed by atoms with E-state index in [9.17, 15) is 4.79 Å². The number of carbonyl (C=O) groups excluding carboxylic acids is 1. The molecule has 0 radical (unpaired) electrons. The number of carbonyl (C=O) groups is 1.